The Hall–Kier alpha value is -1.17. The molecule has 0 heterocycles. The molecule has 4 heteroatoms. The van der Waals surface area contributed by atoms with Crippen LogP contribution in [-0.2, 0) is 6.54 Å². The second kappa shape index (κ2) is 6.32. The van der Waals surface area contributed by atoms with Gasteiger partial charge in [-0.2, -0.15) is 0 Å². The highest BCUT2D eigenvalue weighted by atomic mass is 127. The van der Waals surface area contributed by atoms with Gasteiger partial charge >= 0.3 is 0 Å². The van der Waals surface area contributed by atoms with Crippen LogP contribution in [0.5, 0.6) is 0 Å². The van der Waals surface area contributed by atoms with E-state index in [0.29, 0.717) is 6.54 Å². The monoisotopic (exact) mass is 373 g/mol. The number of aryl methyl sites for hydroxylation is 1. The van der Waals surface area contributed by atoms with Gasteiger partial charge in [-0.15, -0.1) is 0 Å². The van der Waals surface area contributed by atoms with E-state index >= 15 is 0 Å². The number of hydrogen-bond acceptors (Lipinski definition) is 1. The first-order valence-electron chi connectivity index (χ1n) is 5.93. The molecule has 2 aromatic rings. The number of alkyl halides is 2. The molecule has 19 heavy (non-hydrogen) atoms. The lowest BCUT2D eigenvalue weighted by molar-refractivity contribution is 0.151. The third kappa shape index (κ3) is 3.89. The van der Waals surface area contributed by atoms with Crippen molar-refractivity contribution in [2.75, 3.05) is 5.32 Å². The molecule has 0 aliphatic heterocycles. The average molecular weight is 373 g/mol. The van der Waals surface area contributed by atoms with Gasteiger partial charge in [0.2, 0.25) is 0 Å². The predicted octanol–water partition coefficient (Wildman–Crippen LogP) is 5.15. The van der Waals surface area contributed by atoms with Crippen LogP contribution in [-0.4, -0.2) is 0 Å². The van der Waals surface area contributed by atoms with Crippen molar-refractivity contribution in [3.05, 3.63) is 62.7 Å². The van der Waals surface area contributed by atoms with Gasteiger partial charge in [0.15, 0.2) is 0 Å². The number of anilines is 1. The molecule has 0 unspecified atom stereocenters. The van der Waals surface area contributed by atoms with Crippen LogP contribution in [0.1, 0.15) is 23.1 Å². The summed E-state index contributed by atoms with van der Waals surface area (Å²) in [6.45, 7) is 2.59. The van der Waals surface area contributed by atoms with Crippen LogP contribution < -0.4 is 5.32 Å². The van der Waals surface area contributed by atoms with Gasteiger partial charge in [-0.25, -0.2) is 8.78 Å². The van der Waals surface area contributed by atoms with Crippen LogP contribution in [0.3, 0.4) is 0 Å². The van der Waals surface area contributed by atoms with Crippen LogP contribution in [0.4, 0.5) is 14.5 Å². The molecule has 0 saturated heterocycles. The smallest absolute Gasteiger partial charge is 0.263 e. The zero-order valence-electron chi connectivity index (χ0n) is 10.5. The lowest BCUT2D eigenvalue weighted by atomic mass is 10.1. The van der Waals surface area contributed by atoms with Gasteiger partial charge in [0, 0.05) is 21.4 Å². The summed E-state index contributed by atoms with van der Waals surface area (Å²) in [5.41, 5.74) is 3.15. The first kappa shape index (κ1) is 14.2. The largest absolute Gasteiger partial charge is 0.381 e. The molecule has 2 aromatic carbocycles. The van der Waals surface area contributed by atoms with Crippen LogP contribution in [0.2, 0.25) is 0 Å². The lowest BCUT2D eigenvalue weighted by Crippen LogP contribution is -2.00. The third-order valence-corrected chi connectivity index (χ3v) is 4.03. The van der Waals surface area contributed by atoms with Gasteiger partial charge in [-0.1, -0.05) is 24.3 Å². The fourth-order valence-electron chi connectivity index (χ4n) is 1.75. The Morgan fingerprint density at radius 2 is 1.95 bits per heavy atom. The Balaban J connectivity index is 2.05. The number of hydrogen-bond donors (Lipinski definition) is 1. The van der Waals surface area contributed by atoms with Crippen LogP contribution >= 0.6 is 22.6 Å². The predicted molar refractivity (Wildman–Crippen MR) is 82.6 cm³/mol. The summed E-state index contributed by atoms with van der Waals surface area (Å²) < 4.78 is 26.4. The van der Waals surface area contributed by atoms with Gasteiger partial charge in [-0.3, -0.25) is 0 Å². The molecule has 0 radical (unpaired) electrons. The van der Waals surface area contributed by atoms with Crippen molar-refractivity contribution < 1.29 is 8.78 Å². The maximum Gasteiger partial charge on any atom is 0.263 e. The first-order valence-corrected chi connectivity index (χ1v) is 7.01. The molecule has 1 nitrogen and oxygen atoms in total. The summed E-state index contributed by atoms with van der Waals surface area (Å²) in [6.07, 6.45) is -2.42. The maximum absolute atomic E-state index is 12.6. The summed E-state index contributed by atoms with van der Waals surface area (Å²) in [6, 6.07) is 12.6. The highest BCUT2D eigenvalue weighted by Gasteiger charge is 2.06. The number of rotatable bonds is 4. The molecule has 2 rings (SSSR count). The normalized spacial score (nSPS) is 10.8. The standard InChI is InChI=1S/C15H14F2IN/c1-10-5-6-13(8-14(10)18)19-9-11-3-2-4-12(7-11)15(16)17/h2-8,15,19H,9H2,1H3. The number of benzene rings is 2. The zero-order valence-corrected chi connectivity index (χ0v) is 12.6. The molecule has 1 N–H and O–H groups in total. The van der Waals surface area contributed by atoms with Crippen molar-refractivity contribution in [1.82, 2.24) is 0 Å². The molecule has 0 bridgehead atoms. The lowest BCUT2D eigenvalue weighted by Gasteiger charge is -2.09. The summed E-state index contributed by atoms with van der Waals surface area (Å²) in [5.74, 6) is 0. The molecular formula is C15H14F2IN. The molecule has 100 valence electrons. The minimum atomic E-state index is -2.42. The molecule has 0 saturated carbocycles. The third-order valence-electron chi connectivity index (χ3n) is 2.87. The summed E-state index contributed by atoms with van der Waals surface area (Å²) in [7, 11) is 0. The molecule has 0 atom stereocenters. The number of halogens is 3. The second-order valence-electron chi connectivity index (χ2n) is 4.36. The molecule has 0 amide bonds. The number of nitrogens with one attached hydrogen (secondary N) is 1. The van der Waals surface area contributed by atoms with E-state index in [9.17, 15) is 8.78 Å². The summed E-state index contributed by atoms with van der Waals surface area (Å²) in [4.78, 5) is 0. The summed E-state index contributed by atoms with van der Waals surface area (Å²) in [5, 5.41) is 3.25. The van der Waals surface area contributed by atoms with Crippen molar-refractivity contribution in [1.29, 1.82) is 0 Å². The molecule has 0 aliphatic rings. The quantitative estimate of drug-likeness (QED) is 0.731. The van der Waals surface area contributed by atoms with Crippen molar-refractivity contribution in [3.63, 3.8) is 0 Å². The molecule has 0 aromatic heterocycles. The zero-order chi connectivity index (χ0) is 13.8. The average Bonchev–Trinajstić information content (AvgIpc) is 2.40. The van der Waals surface area contributed by atoms with Gasteiger partial charge in [0.1, 0.15) is 0 Å². The van der Waals surface area contributed by atoms with Crippen molar-refractivity contribution >= 4 is 28.3 Å². The van der Waals surface area contributed by atoms with Crippen molar-refractivity contribution in [2.45, 2.75) is 19.9 Å². The van der Waals surface area contributed by atoms with Gasteiger partial charge in [-0.05, 0) is 58.8 Å². The fraction of sp³-hybridized carbons (Fsp3) is 0.200. The minimum absolute atomic E-state index is 0.0674. The highest BCUT2D eigenvalue weighted by Crippen LogP contribution is 2.21. The van der Waals surface area contributed by atoms with E-state index in [-0.39, 0.29) is 5.56 Å². The van der Waals surface area contributed by atoms with E-state index in [2.05, 4.69) is 34.8 Å². The molecule has 0 spiro atoms. The van der Waals surface area contributed by atoms with E-state index < -0.39 is 6.43 Å². The Bertz CT molecular complexity index is 570. The Kier molecular flexibility index (Phi) is 4.74. The summed E-state index contributed by atoms with van der Waals surface area (Å²) >= 11 is 2.28. The Morgan fingerprint density at radius 1 is 1.16 bits per heavy atom. The molecule has 0 fully saturated rings. The van der Waals surface area contributed by atoms with Crippen LogP contribution in [0.25, 0.3) is 0 Å². The highest BCUT2D eigenvalue weighted by molar-refractivity contribution is 14.1. The van der Waals surface area contributed by atoms with E-state index in [1.807, 2.05) is 24.3 Å². The second-order valence-corrected chi connectivity index (χ2v) is 5.53. The maximum atomic E-state index is 12.6. The van der Waals surface area contributed by atoms with E-state index in [1.165, 1.54) is 21.3 Å². The molecule has 0 aliphatic carbocycles. The first-order chi connectivity index (χ1) is 9.06. The van der Waals surface area contributed by atoms with Gasteiger partial charge in [0.05, 0.1) is 0 Å². The minimum Gasteiger partial charge on any atom is -0.381 e. The SMILES string of the molecule is Cc1ccc(NCc2cccc(C(F)F)c2)cc1I. The van der Waals surface area contributed by atoms with E-state index in [1.54, 1.807) is 6.07 Å². The van der Waals surface area contributed by atoms with Crippen molar-refractivity contribution in [3.8, 4) is 0 Å². The fourth-order valence-corrected chi connectivity index (χ4v) is 2.26. The van der Waals surface area contributed by atoms with Crippen LogP contribution in [0, 0.1) is 10.5 Å². The topological polar surface area (TPSA) is 12.0 Å². The Labute approximate surface area is 125 Å². The van der Waals surface area contributed by atoms with E-state index in [4.69, 9.17) is 0 Å². The van der Waals surface area contributed by atoms with Gasteiger partial charge < -0.3 is 5.32 Å². The van der Waals surface area contributed by atoms with E-state index in [0.717, 1.165) is 11.3 Å². The Morgan fingerprint density at radius 3 is 2.63 bits per heavy atom. The van der Waals surface area contributed by atoms with Crippen LogP contribution in [0.15, 0.2) is 42.5 Å². The van der Waals surface area contributed by atoms with Gasteiger partial charge in [0.25, 0.3) is 6.43 Å². The molecular weight excluding hydrogens is 359 g/mol. The van der Waals surface area contributed by atoms with Crippen molar-refractivity contribution in [2.24, 2.45) is 0 Å².